The van der Waals surface area contributed by atoms with Gasteiger partial charge in [0.1, 0.15) is 10.8 Å². The molecule has 1 fully saturated rings. The van der Waals surface area contributed by atoms with Crippen LogP contribution in [-0.2, 0) is 4.79 Å². The van der Waals surface area contributed by atoms with E-state index in [0.717, 1.165) is 11.6 Å². The summed E-state index contributed by atoms with van der Waals surface area (Å²) in [7, 11) is 0. The SMILES string of the molecule is CC1CC(=O)CCN1C(C)c1nccs1. The van der Waals surface area contributed by atoms with Crippen molar-refractivity contribution in [3.05, 3.63) is 16.6 Å². The van der Waals surface area contributed by atoms with Crippen LogP contribution in [0.15, 0.2) is 11.6 Å². The highest BCUT2D eigenvalue weighted by Gasteiger charge is 2.28. The fraction of sp³-hybridized carbons (Fsp3) is 0.636. The van der Waals surface area contributed by atoms with Crippen LogP contribution >= 0.6 is 11.3 Å². The first-order chi connectivity index (χ1) is 7.18. The van der Waals surface area contributed by atoms with Gasteiger partial charge < -0.3 is 0 Å². The highest BCUT2D eigenvalue weighted by Crippen LogP contribution is 2.27. The number of rotatable bonds is 2. The number of likely N-dealkylation sites (tertiary alicyclic amines) is 1. The summed E-state index contributed by atoms with van der Waals surface area (Å²) in [6.07, 6.45) is 3.23. The van der Waals surface area contributed by atoms with Crippen molar-refractivity contribution in [2.45, 2.75) is 38.8 Å². The minimum Gasteiger partial charge on any atom is -0.300 e. The number of hydrogen-bond acceptors (Lipinski definition) is 4. The average Bonchev–Trinajstić information content (AvgIpc) is 2.69. The van der Waals surface area contributed by atoms with Gasteiger partial charge in [0.15, 0.2) is 0 Å². The molecule has 1 aromatic heterocycles. The summed E-state index contributed by atoms with van der Waals surface area (Å²) in [4.78, 5) is 18.0. The van der Waals surface area contributed by atoms with Gasteiger partial charge in [-0.25, -0.2) is 4.98 Å². The number of nitrogens with zero attached hydrogens (tertiary/aromatic N) is 2. The van der Waals surface area contributed by atoms with Crippen LogP contribution in [0.3, 0.4) is 0 Å². The molecule has 0 spiro atoms. The van der Waals surface area contributed by atoms with Gasteiger partial charge in [-0.15, -0.1) is 11.3 Å². The van der Waals surface area contributed by atoms with Gasteiger partial charge >= 0.3 is 0 Å². The van der Waals surface area contributed by atoms with Gasteiger partial charge in [-0.05, 0) is 13.8 Å². The lowest BCUT2D eigenvalue weighted by Gasteiger charge is -2.36. The van der Waals surface area contributed by atoms with E-state index in [0.29, 0.717) is 30.7 Å². The first-order valence-electron chi connectivity index (χ1n) is 5.35. The van der Waals surface area contributed by atoms with Crippen LogP contribution in [0.2, 0.25) is 0 Å². The number of thiazole rings is 1. The Morgan fingerprint density at radius 3 is 3.07 bits per heavy atom. The molecule has 1 aliphatic rings. The smallest absolute Gasteiger partial charge is 0.135 e. The highest BCUT2D eigenvalue weighted by atomic mass is 32.1. The lowest BCUT2D eigenvalue weighted by atomic mass is 10.0. The van der Waals surface area contributed by atoms with Crippen molar-refractivity contribution in [3.63, 3.8) is 0 Å². The van der Waals surface area contributed by atoms with E-state index in [1.165, 1.54) is 0 Å². The second-order valence-corrected chi connectivity index (χ2v) is 5.05. The maximum Gasteiger partial charge on any atom is 0.135 e. The van der Waals surface area contributed by atoms with Crippen LogP contribution in [0.25, 0.3) is 0 Å². The fourth-order valence-corrected chi connectivity index (χ4v) is 2.90. The Kier molecular flexibility index (Phi) is 3.17. The molecule has 2 heterocycles. The van der Waals surface area contributed by atoms with E-state index in [4.69, 9.17) is 0 Å². The Bertz CT molecular complexity index is 336. The normalized spacial score (nSPS) is 25.5. The molecule has 0 bridgehead atoms. The van der Waals surface area contributed by atoms with Gasteiger partial charge in [0, 0.05) is 37.0 Å². The first kappa shape index (κ1) is 10.8. The van der Waals surface area contributed by atoms with E-state index in [9.17, 15) is 4.79 Å². The Morgan fingerprint density at radius 2 is 2.47 bits per heavy atom. The standard InChI is InChI=1S/C11H16N2OS/c1-8-7-10(14)3-5-13(8)9(2)11-12-4-6-15-11/h4,6,8-9H,3,5,7H2,1-2H3. The van der Waals surface area contributed by atoms with Gasteiger partial charge in [0.05, 0.1) is 6.04 Å². The molecule has 2 atom stereocenters. The third kappa shape index (κ3) is 2.26. The number of ketones is 1. The van der Waals surface area contributed by atoms with E-state index in [-0.39, 0.29) is 0 Å². The predicted molar refractivity (Wildman–Crippen MR) is 60.9 cm³/mol. The molecular weight excluding hydrogens is 208 g/mol. The Morgan fingerprint density at radius 1 is 1.67 bits per heavy atom. The molecule has 0 N–H and O–H groups in total. The number of Topliss-reactive ketones (excluding diaryl/α,β-unsaturated/α-hetero) is 1. The van der Waals surface area contributed by atoms with E-state index in [2.05, 4.69) is 23.7 Å². The Hall–Kier alpha value is -0.740. The number of carbonyl (C=O) groups excluding carboxylic acids is 1. The fourth-order valence-electron chi connectivity index (χ4n) is 2.18. The molecule has 1 saturated heterocycles. The van der Waals surface area contributed by atoms with Gasteiger partial charge in [0.2, 0.25) is 0 Å². The van der Waals surface area contributed by atoms with Crippen molar-refractivity contribution in [3.8, 4) is 0 Å². The quantitative estimate of drug-likeness (QED) is 0.772. The molecule has 1 aliphatic heterocycles. The summed E-state index contributed by atoms with van der Waals surface area (Å²) in [5, 5.41) is 3.15. The van der Waals surface area contributed by atoms with Crippen LogP contribution in [-0.4, -0.2) is 28.3 Å². The van der Waals surface area contributed by atoms with Crippen molar-refractivity contribution in [2.75, 3.05) is 6.54 Å². The molecule has 1 aromatic rings. The molecule has 15 heavy (non-hydrogen) atoms. The molecule has 3 nitrogen and oxygen atoms in total. The maximum atomic E-state index is 11.3. The van der Waals surface area contributed by atoms with Crippen LogP contribution in [0.1, 0.15) is 37.7 Å². The van der Waals surface area contributed by atoms with Crippen molar-refractivity contribution in [2.24, 2.45) is 0 Å². The minimum atomic E-state index is 0.341. The summed E-state index contributed by atoms with van der Waals surface area (Å²) in [6.45, 7) is 5.17. The molecule has 0 amide bonds. The number of piperidine rings is 1. The zero-order valence-corrected chi connectivity index (χ0v) is 9.96. The zero-order valence-electron chi connectivity index (χ0n) is 9.14. The Balaban J connectivity index is 2.07. The lowest BCUT2D eigenvalue weighted by molar-refractivity contribution is -0.123. The van der Waals surface area contributed by atoms with Crippen molar-refractivity contribution in [1.82, 2.24) is 9.88 Å². The van der Waals surface area contributed by atoms with E-state index in [1.54, 1.807) is 11.3 Å². The topological polar surface area (TPSA) is 33.2 Å². The first-order valence-corrected chi connectivity index (χ1v) is 6.23. The third-order valence-corrected chi connectivity index (χ3v) is 3.99. The summed E-state index contributed by atoms with van der Waals surface area (Å²) in [5.74, 6) is 0.394. The molecule has 82 valence electrons. The zero-order chi connectivity index (χ0) is 10.8. The summed E-state index contributed by atoms with van der Waals surface area (Å²) < 4.78 is 0. The van der Waals surface area contributed by atoms with Gasteiger partial charge in [-0.2, -0.15) is 0 Å². The summed E-state index contributed by atoms with van der Waals surface area (Å²) in [6, 6.07) is 0.693. The highest BCUT2D eigenvalue weighted by molar-refractivity contribution is 7.09. The van der Waals surface area contributed by atoms with Gasteiger partial charge in [-0.1, -0.05) is 0 Å². The van der Waals surface area contributed by atoms with Crippen molar-refractivity contribution < 1.29 is 4.79 Å². The Labute approximate surface area is 94.1 Å². The molecule has 0 aliphatic carbocycles. The number of aromatic nitrogens is 1. The van der Waals surface area contributed by atoms with E-state index < -0.39 is 0 Å². The molecule has 4 heteroatoms. The lowest BCUT2D eigenvalue weighted by Crippen LogP contribution is -2.42. The predicted octanol–water partition coefficient (Wildman–Crippen LogP) is 2.26. The van der Waals surface area contributed by atoms with Crippen LogP contribution in [0.4, 0.5) is 0 Å². The summed E-state index contributed by atoms with van der Waals surface area (Å²) in [5.41, 5.74) is 0. The molecule has 2 unspecified atom stereocenters. The van der Waals surface area contributed by atoms with Crippen molar-refractivity contribution in [1.29, 1.82) is 0 Å². The summed E-state index contributed by atoms with van der Waals surface area (Å²) >= 11 is 1.69. The van der Waals surface area contributed by atoms with E-state index in [1.807, 2.05) is 11.6 Å². The van der Waals surface area contributed by atoms with E-state index >= 15 is 0 Å². The van der Waals surface area contributed by atoms with Gasteiger partial charge in [0.25, 0.3) is 0 Å². The van der Waals surface area contributed by atoms with Gasteiger partial charge in [-0.3, -0.25) is 9.69 Å². The van der Waals surface area contributed by atoms with Crippen molar-refractivity contribution >= 4 is 17.1 Å². The average molecular weight is 224 g/mol. The maximum absolute atomic E-state index is 11.3. The second-order valence-electron chi connectivity index (χ2n) is 4.13. The van der Waals surface area contributed by atoms with Crippen LogP contribution < -0.4 is 0 Å². The monoisotopic (exact) mass is 224 g/mol. The largest absolute Gasteiger partial charge is 0.300 e. The number of carbonyl (C=O) groups is 1. The second kappa shape index (κ2) is 4.41. The van der Waals surface area contributed by atoms with Crippen LogP contribution in [0, 0.1) is 0 Å². The molecule has 0 saturated carbocycles. The molecule has 2 rings (SSSR count). The number of hydrogen-bond donors (Lipinski definition) is 0. The van der Waals surface area contributed by atoms with Crippen LogP contribution in [0.5, 0.6) is 0 Å². The molecular formula is C11H16N2OS. The third-order valence-electron chi connectivity index (χ3n) is 3.04. The molecule has 0 radical (unpaired) electrons. The minimum absolute atomic E-state index is 0.341. The molecule has 0 aromatic carbocycles.